The van der Waals surface area contributed by atoms with E-state index in [0.29, 0.717) is 23.2 Å². The largest absolute Gasteiger partial charge is 0.325 e. The van der Waals surface area contributed by atoms with Crippen LogP contribution in [0, 0.1) is 6.92 Å². The summed E-state index contributed by atoms with van der Waals surface area (Å²) in [6, 6.07) is 6.25. The van der Waals surface area contributed by atoms with E-state index in [1.165, 1.54) is 12.8 Å². The van der Waals surface area contributed by atoms with E-state index >= 15 is 0 Å². The predicted molar refractivity (Wildman–Crippen MR) is 70.5 cm³/mol. The summed E-state index contributed by atoms with van der Waals surface area (Å²) in [4.78, 5) is 11.7. The summed E-state index contributed by atoms with van der Waals surface area (Å²) < 4.78 is 0. The third-order valence-corrected chi connectivity index (χ3v) is 3.09. The van der Waals surface area contributed by atoms with Gasteiger partial charge in [0, 0.05) is 19.0 Å². The van der Waals surface area contributed by atoms with Crippen LogP contribution in [0.2, 0.25) is 5.02 Å². The summed E-state index contributed by atoms with van der Waals surface area (Å²) in [5, 5.41) is 6.72. The number of hydrogen-bond acceptors (Lipinski definition) is 2. The van der Waals surface area contributed by atoms with Crippen molar-refractivity contribution in [2.24, 2.45) is 0 Å². The summed E-state index contributed by atoms with van der Waals surface area (Å²) >= 11 is 6.00. The van der Waals surface area contributed by atoms with Crippen LogP contribution in [0.1, 0.15) is 24.8 Å². The van der Waals surface area contributed by atoms with Crippen molar-refractivity contribution in [3.8, 4) is 0 Å². The average Bonchev–Trinajstić information content (AvgIpc) is 3.07. The summed E-state index contributed by atoms with van der Waals surface area (Å²) in [6.07, 6.45) is 2.97. The normalized spacial score (nSPS) is 14.7. The molecule has 0 aliphatic heterocycles. The minimum absolute atomic E-state index is 0.00523. The Morgan fingerprint density at radius 1 is 1.47 bits per heavy atom. The lowest BCUT2D eigenvalue weighted by Crippen LogP contribution is -2.23. The number of halogens is 1. The standard InChI is InChI=1S/C13H17ClN2O/c1-9-2-5-11(14)12(8-9)16-13(17)6-7-15-10-3-4-10/h2,5,8,10,15H,3-4,6-7H2,1H3,(H,16,17). The maximum Gasteiger partial charge on any atom is 0.225 e. The van der Waals surface area contributed by atoms with E-state index < -0.39 is 0 Å². The van der Waals surface area contributed by atoms with Crippen molar-refractivity contribution in [1.82, 2.24) is 5.32 Å². The van der Waals surface area contributed by atoms with Gasteiger partial charge in [-0.2, -0.15) is 0 Å². The van der Waals surface area contributed by atoms with Crippen LogP contribution in [0.3, 0.4) is 0 Å². The fourth-order valence-corrected chi connectivity index (χ4v) is 1.79. The highest BCUT2D eigenvalue weighted by Crippen LogP contribution is 2.23. The Morgan fingerprint density at radius 2 is 2.24 bits per heavy atom. The smallest absolute Gasteiger partial charge is 0.225 e. The number of carbonyl (C=O) groups excluding carboxylic acids is 1. The number of anilines is 1. The number of amides is 1. The summed E-state index contributed by atoms with van der Waals surface area (Å²) in [5.74, 6) is 0.00523. The lowest BCUT2D eigenvalue weighted by Gasteiger charge is -2.08. The van der Waals surface area contributed by atoms with Gasteiger partial charge in [0.25, 0.3) is 0 Å². The maximum absolute atomic E-state index is 11.7. The molecular weight excluding hydrogens is 236 g/mol. The Kier molecular flexibility index (Phi) is 4.02. The fraction of sp³-hybridized carbons (Fsp3) is 0.462. The molecule has 0 unspecified atom stereocenters. The number of aryl methyl sites for hydroxylation is 1. The Morgan fingerprint density at radius 3 is 2.94 bits per heavy atom. The zero-order valence-electron chi connectivity index (χ0n) is 9.92. The third kappa shape index (κ3) is 4.02. The second-order valence-electron chi connectivity index (χ2n) is 4.51. The molecule has 2 N–H and O–H groups in total. The summed E-state index contributed by atoms with van der Waals surface area (Å²) in [6.45, 7) is 2.71. The molecule has 1 fully saturated rings. The number of benzene rings is 1. The van der Waals surface area contributed by atoms with Gasteiger partial charge in [0.15, 0.2) is 0 Å². The van der Waals surface area contributed by atoms with Crippen LogP contribution in [-0.2, 0) is 4.79 Å². The minimum atomic E-state index is 0.00523. The molecule has 1 saturated carbocycles. The molecule has 0 saturated heterocycles. The van der Waals surface area contributed by atoms with Crippen LogP contribution in [0.25, 0.3) is 0 Å². The Balaban J connectivity index is 1.81. The highest BCUT2D eigenvalue weighted by Gasteiger charge is 2.20. The first kappa shape index (κ1) is 12.4. The second-order valence-corrected chi connectivity index (χ2v) is 4.92. The molecule has 17 heavy (non-hydrogen) atoms. The van der Waals surface area contributed by atoms with Crippen molar-refractivity contribution < 1.29 is 4.79 Å². The van der Waals surface area contributed by atoms with E-state index in [-0.39, 0.29) is 5.91 Å². The molecule has 0 heterocycles. The number of rotatable bonds is 5. The van der Waals surface area contributed by atoms with Crippen LogP contribution in [0.5, 0.6) is 0 Å². The van der Waals surface area contributed by atoms with E-state index in [2.05, 4.69) is 10.6 Å². The van der Waals surface area contributed by atoms with Crippen molar-refractivity contribution in [2.75, 3.05) is 11.9 Å². The molecule has 0 bridgehead atoms. The van der Waals surface area contributed by atoms with Gasteiger partial charge < -0.3 is 10.6 Å². The number of hydrogen-bond donors (Lipinski definition) is 2. The SMILES string of the molecule is Cc1ccc(Cl)c(NC(=O)CCNC2CC2)c1. The van der Waals surface area contributed by atoms with Crippen LogP contribution < -0.4 is 10.6 Å². The molecule has 1 amide bonds. The van der Waals surface area contributed by atoms with E-state index in [0.717, 1.165) is 12.1 Å². The zero-order chi connectivity index (χ0) is 12.3. The van der Waals surface area contributed by atoms with Crippen molar-refractivity contribution in [3.63, 3.8) is 0 Å². The van der Waals surface area contributed by atoms with Gasteiger partial charge in [-0.25, -0.2) is 0 Å². The van der Waals surface area contributed by atoms with E-state index in [1.54, 1.807) is 6.07 Å². The monoisotopic (exact) mass is 252 g/mol. The number of nitrogens with one attached hydrogen (secondary N) is 2. The van der Waals surface area contributed by atoms with Gasteiger partial charge in [-0.15, -0.1) is 0 Å². The van der Waals surface area contributed by atoms with Gasteiger partial charge in [0.05, 0.1) is 10.7 Å². The maximum atomic E-state index is 11.7. The van der Waals surface area contributed by atoms with Crippen LogP contribution in [0.15, 0.2) is 18.2 Å². The molecule has 0 radical (unpaired) electrons. The number of carbonyl (C=O) groups is 1. The van der Waals surface area contributed by atoms with Crippen molar-refractivity contribution in [3.05, 3.63) is 28.8 Å². The van der Waals surface area contributed by atoms with E-state index in [4.69, 9.17) is 11.6 Å². The molecular formula is C13H17ClN2O. The second kappa shape index (κ2) is 5.52. The first-order valence-electron chi connectivity index (χ1n) is 5.94. The van der Waals surface area contributed by atoms with E-state index in [9.17, 15) is 4.79 Å². The molecule has 1 aliphatic carbocycles. The van der Waals surface area contributed by atoms with Gasteiger partial charge in [-0.05, 0) is 37.5 Å². The fourth-order valence-electron chi connectivity index (χ4n) is 1.62. The third-order valence-electron chi connectivity index (χ3n) is 2.76. The minimum Gasteiger partial charge on any atom is -0.325 e. The molecule has 1 aromatic rings. The Labute approximate surface area is 107 Å². The zero-order valence-corrected chi connectivity index (χ0v) is 10.7. The lowest BCUT2D eigenvalue weighted by atomic mass is 10.2. The van der Waals surface area contributed by atoms with Crippen molar-refractivity contribution in [2.45, 2.75) is 32.2 Å². The highest BCUT2D eigenvalue weighted by molar-refractivity contribution is 6.33. The van der Waals surface area contributed by atoms with Crippen molar-refractivity contribution in [1.29, 1.82) is 0 Å². The lowest BCUT2D eigenvalue weighted by molar-refractivity contribution is -0.116. The molecule has 3 nitrogen and oxygen atoms in total. The van der Waals surface area contributed by atoms with Gasteiger partial charge >= 0.3 is 0 Å². The molecule has 1 aromatic carbocycles. The topological polar surface area (TPSA) is 41.1 Å². The van der Waals surface area contributed by atoms with Gasteiger partial charge in [-0.1, -0.05) is 17.7 Å². The first-order chi connectivity index (χ1) is 8.15. The van der Waals surface area contributed by atoms with Gasteiger partial charge in [0.2, 0.25) is 5.91 Å². The Bertz CT molecular complexity index is 416. The summed E-state index contributed by atoms with van der Waals surface area (Å²) in [7, 11) is 0. The van der Waals surface area contributed by atoms with Gasteiger partial charge in [-0.3, -0.25) is 4.79 Å². The van der Waals surface area contributed by atoms with Crippen LogP contribution >= 0.6 is 11.6 Å². The average molecular weight is 253 g/mol. The molecule has 1 aliphatic rings. The van der Waals surface area contributed by atoms with Crippen molar-refractivity contribution >= 4 is 23.2 Å². The van der Waals surface area contributed by atoms with Crippen LogP contribution in [-0.4, -0.2) is 18.5 Å². The predicted octanol–water partition coefficient (Wildman–Crippen LogP) is 2.73. The molecule has 0 spiro atoms. The molecule has 0 atom stereocenters. The molecule has 92 valence electrons. The first-order valence-corrected chi connectivity index (χ1v) is 6.32. The summed E-state index contributed by atoms with van der Waals surface area (Å²) in [5.41, 5.74) is 1.78. The Hall–Kier alpha value is -1.06. The highest BCUT2D eigenvalue weighted by atomic mass is 35.5. The quantitative estimate of drug-likeness (QED) is 0.846. The molecule has 0 aromatic heterocycles. The molecule has 4 heteroatoms. The molecule has 2 rings (SSSR count). The van der Waals surface area contributed by atoms with Crippen LogP contribution in [0.4, 0.5) is 5.69 Å². The van der Waals surface area contributed by atoms with E-state index in [1.807, 2.05) is 19.1 Å². The van der Waals surface area contributed by atoms with Gasteiger partial charge in [0.1, 0.15) is 0 Å².